The van der Waals surface area contributed by atoms with E-state index in [4.69, 9.17) is 11.6 Å². The van der Waals surface area contributed by atoms with Crippen LogP contribution in [0.15, 0.2) is 9.72 Å². The average molecular weight is 234 g/mol. The molecule has 0 aliphatic heterocycles. The van der Waals surface area contributed by atoms with E-state index in [0.29, 0.717) is 5.15 Å². The van der Waals surface area contributed by atoms with Gasteiger partial charge in [0.2, 0.25) is 0 Å². The zero-order valence-corrected chi connectivity index (χ0v) is 9.72. The minimum absolute atomic E-state index is 0.642. The number of nitrogens with zero attached hydrogens (tertiary/aromatic N) is 1. The quantitative estimate of drug-likeness (QED) is 0.759. The minimum Gasteiger partial charge on any atom is -0.218 e. The Hall–Kier alpha value is 0.270. The van der Waals surface area contributed by atoms with E-state index in [0.717, 1.165) is 9.59 Å². The van der Waals surface area contributed by atoms with Crippen LogP contribution in [-0.4, -0.2) is 10.2 Å². The predicted molar refractivity (Wildman–Crippen MR) is 59.9 cm³/mol. The Labute approximate surface area is 91.9 Å². The van der Waals surface area contributed by atoms with Crippen LogP contribution in [0.2, 0.25) is 5.15 Å². The second kappa shape index (κ2) is 4.67. The molecule has 0 spiro atoms. The van der Waals surface area contributed by atoms with Crippen molar-refractivity contribution in [1.29, 1.82) is 0 Å². The normalized spacial score (nSPS) is 19.2. The van der Waals surface area contributed by atoms with E-state index in [1.165, 1.54) is 32.1 Å². The fourth-order valence-corrected chi connectivity index (χ4v) is 4.12. The van der Waals surface area contributed by atoms with Crippen LogP contribution >= 0.6 is 34.7 Å². The summed E-state index contributed by atoms with van der Waals surface area (Å²) in [5.41, 5.74) is 0. The van der Waals surface area contributed by atoms with Crippen LogP contribution in [0.3, 0.4) is 0 Å². The molecule has 2 rings (SSSR count). The summed E-state index contributed by atoms with van der Waals surface area (Å²) < 4.78 is 1.14. The molecular formula is C9H12ClNS2. The van der Waals surface area contributed by atoms with Gasteiger partial charge in [-0.1, -0.05) is 42.6 Å². The largest absolute Gasteiger partial charge is 0.218 e. The molecule has 1 aromatic rings. The average Bonchev–Trinajstić information content (AvgIpc) is 2.53. The number of hydrogen-bond donors (Lipinski definition) is 0. The first-order valence-electron chi connectivity index (χ1n) is 4.62. The molecular weight excluding hydrogens is 222 g/mol. The van der Waals surface area contributed by atoms with Crippen molar-refractivity contribution in [3.05, 3.63) is 10.5 Å². The molecule has 1 aliphatic carbocycles. The molecule has 0 N–H and O–H groups in total. The zero-order chi connectivity index (χ0) is 9.10. The Bertz CT molecular complexity index is 268. The Balaban J connectivity index is 1.89. The van der Waals surface area contributed by atoms with Crippen LogP contribution in [0.5, 0.6) is 0 Å². The van der Waals surface area contributed by atoms with Crippen LogP contribution in [0.4, 0.5) is 0 Å². The SMILES string of the molecule is Clc1csc(SC2CCCCC2)n1. The molecule has 72 valence electrons. The van der Waals surface area contributed by atoms with E-state index in [2.05, 4.69) is 4.98 Å². The molecule has 0 atom stereocenters. The number of thioether (sulfide) groups is 1. The first kappa shape index (κ1) is 9.81. The van der Waals surface area contributed by atoms with Gasteiger partial charge < -0.3 is 0 Å². The van der Waals surface area contributed by atoms with Crippen LogP contribution in [0, 0.1) is 0 Å². The fraction of sp³-hybridized carbons (Fsp3) is 0.667. The summed E-state index contributed by atoms with van der Waals surface area (Å²) in [5, 5.41) is 3.34. The van der Waals surface area contributed by atoms with Crippen molar-refractivity contribution >= 4 is 34.7 Å². The Morgan fingerprint density at radius 2 is 2.15 bits per heavy atom. The van der Waals surface area contributed by atoms with Gasteiger partial charge in [0.25, 0.3) is 0 Å². The Morgan fingerprint density at radius 3 is 2.77 bits per heavy atom. The second-order valence-corrected chi connectivity index (χ2v) is 6.11. The zero-order valence-electron chi connectivity index (χ0n) is 7.33. The Kier molecular flexibility index (Phi) is 3.52. The van der Waals surface area contributed by atoms with Crippen molar-refractivity contribution in [2.75, 3.05) is 0 Å². The lowest BCUT2D eigenvalue weighted by molar-refractivity contribution is 0.516. The third kappa shape index (κ3) is 2.86. The van der Waals surface area contributed by atoms with E-state index in [1.54, 1.807) is 11.3 Å². The smallest absolute Gasteiger partial charge is 0.151 e. The van der Waals surface area contributed by atoms with E-state index in [1.807, 2.05) is 17.1 Å². The standard InChI is InChI=1S/C9H12ClNS2/c10-8-6-12-9(11-8)13-7-4-2-1-3-5-7/h6-7H,1-5H2. The van der Waals surface area contributed by atoms with Crippen molar-refractivity contribution < 1.29 is 0 Å². The highest BCUT2D eigenvalue weighted by Gasteiger charge is 2.15. The number of rotatable bonds is 2. The van der Waals surface area contributed by atoms with E-state index in [9.17, 15) is 0 Å². The lowest BCUT2D eigenvalue weighted by Gasteiger charge is -2.19. The van der Waals surface area contributed by atoms with Gasteiger partial charge in [-0.15, -0.1) is 11.3 Å². The van der Waals surface area contributed by atoms with Gasteiger partial charge in [-0.25, -0.2) is 4.98 Å². The molecule has 0 saturated heterocycles. The van der Waals surface area contributed by atoms with Crippen molar-refractivity contribution in [1.82, 2.24) is 4.98 Å². The molecule has 1 nitrogen and oxygen atoms in total. The summed E-state index contributed by atoms with van der Waals surface area (Å²) in [6.07, 6.45) is 6.88. The molecule has 4 heteroatoms. The maximum absolute atomic E-state index is 5.76. The van der Waals surface area contributed by atoms with E-state index < -0.39 is 0 Å². The van der Waals surface area contributed by atoms with Gasteiger partial charge in [0, 0.05) is 10.6 Å². The molecule has 13 heavy (non-hydrogen) atoms. The molecule has 1 fully saturated rings. The third-order valence-corrected chi connectivity index (χ3v) is 4.91. The summed E-state index contributed by atoms with van der Waals surface area (Å²) in [5.74, 6) is 0. The van der Waals surface area contributed by atoms with Gasteiger partial charge in [0.05, 0.1) is 0 Å². The number of halogens is 1. The van der Waals surface area contributed by atoms with Gasteiger partial charge >= 0.3 is 0 Å². The van der Waals surface area contributed by atoms with Gasteiger partial charge in [-0.3, -0.25) is 0 Å². The van der Waals surface area contributed by atoms with E-state index >= 15 is 0 Å². The topological polar surface area (TPSA) is 12.9 Å². The lowest BCUT2D eigenvalue weighted by Crippen LogP contribution is -2.07. The molecule has 1 aromatic heterocycles. The number of hydrogen-bond acceptors (Lipinski definition) is 3. The maximum Gasteiger partial charge on any atom is 0.151 e. The van der Waals surface area contributed by atoms with Crippen molar-refractivity contribution in [3.63, 3.8) is 0 Å². The maximum atomic E-state index is 5.76. The summed E-state index contributed by atoms with van der Waals surface area (Å²) in [7, 11) is 0. The Morgan fingerprint density at radius 1 is 1.38 bits per heavy atom. The highest BCUT2D eigenvalue weighted by atomic mass is 35.5. The van der Waals surface area contributed by atoms with Gasteiger partial charge in [0.1, 0.15) is 5.15 Å². The minimum atomic E-state index is 0.642. The molecule has 1 saturated carbocycles. The van der Waals surface area contributed by atoms with Gasteiger partial charge in [-0.2, -0.15) is 0 Å². The second-order valence-electron chi connectivity index (χ2n) is 3.31. The summed E-state index contributed by atoms with van der Waals surface area (Å²) in [4.78, 5) is 4.25. The molecule has 0 amide bonds. The van der Waals surface area contributed by atoms with Crippen LogP contribution < -0.4 is 0 Å². The molecule has 1 heterocycles. The van der Waals surface area contributed by atoms with Crippen molar-refractivity contribution in [2.24, 2.45) is 0 Å². The highest BCUT2D eigenvalue weighted by molar-refractivity contribution is 8.01. The lowest BCUT2D eigenvalue weighted by atomic mass is 10.0. The first-order chi connectivity index (χ1) is 6.34. The molecule has 0 unspecified atom stereocenters. The highest BCUT2D eigenvalue weighted by Crippen LogP contribution is 2.35. The van der Waals surface area contributed by atoms with E-state index in [-0.39, 0.29) is 0 Å². The molecule has 0 bridgehead atoms. The molecule has 0 radical (unpaired) electrons. The van der Waals surface area contributed by atoms with Crippen LogP contribution in [-0.2, 0) is 0 Å². The van der Waals surface area contributed by atoms with Crippen molar-refractivity contribution in [3.8, 4) is 0 Å². The van der Waals surface area contributed by atoms with Crippen molar-refractivity contribution in [2.45, 2.75) is 41.7 Å². The van der Waals surface area contributed by atoms with Crippen LogP contribution in [0.25, 0.3) is 0 Å². The summed E-state index contributed by atoms with van der Waals surface area (Å²) in [6.45, 7) is 0. The van der Waals surface area contributed by atoms with Gasteiger partial charge in [0.15, 0.2) is 4.34 Å². The number of thiazole rings is 1. The summed E-state index contributed by atoms with van der Waals surface area (Å²) in [6, 6.07) is 0. The number of aromatic nitrogens is 1. The first-order valence-corrected chi connectivity index (χ1v) is 6.76. The van der Waals surface area contributed by atoms with Crippen LogP contribution in [0.1, 0.15) is 32.1 Å². The fourth-order valence-electron chi connectivity index (χ4n) is 1.62. The van der Waals surface area contributed by atoms with Gasteiger partial charge in [-0.05, 0) is 12.8 Å². The predicted octanol–water partition coefficient (Wildman–Crippen LogP) is 4.22. The summed E-state index contributed by atoms with van der Waals surface area (Å²) >= 11 is 9.34. The third-order valence-electron chi connectivity index (χ3n) is 2.27. The molecule has 0 aromatic carbocycles. The monoisotopic (exact) mass is 233 g/mol. The molecule has 1 aliphatic rings.